The molecule has 0 saturated carbocycles. The molecule has 0 amide bonds. The summed E-state index contributed by atoms with van der Waals surface area (Å²) in [6.07, 6.45) is 4.04. The maximum Gasteiger partial charge on any atom is 0.128 e. The Balaban J connectivity index is 2.27. The van der Waals surface area contributed by atoms with Gasteiger partial charge in [0.05, 0.1) is 6.04 Å². The van der Waals surface area contributed by atoms with Gasteiger partial charge < -0.3 is 0 Å². The van der Waals surface area contributed by atoms with Gasteiger partial charge >= 0.3 is 0 Å². The van der Waals surface area contributed by atoms with E-state index >= 15 is 0 Å². The van der Waals surface area contributed by atoms with Crippen molar-refractivity contribution in [3.05, 3.63) is 63.6 Å². The minimum absolute atomic E-state index is 0.253. The van der Waals surface area contributed by atoms with Crippen LogP contribution in [0.5, 0.6) is 0 Å². The molecule has 1 heterocycles. The van der Waals surface area contributed by atoms with Crippen LogP contribution in [0, 0.1) is 12.7 Å². The van der Waals surface area contributed by atoms with Gasteiger partial charge in [0.15, 0.2) is 0 Å². The SMILES string of the molecule is Cc1ccc(F)c(C(Cc2cncc(Br)c2)NN)c1. The highest BCUT2D eigenvalue weighted by Gasteiger charge is 2.15. The number of nitrogens with two attached hydrogens (primary N) is 1. The smallest absolute Gasteiger partial charge is 0.128 e. The molecule has 19 heavy (non-hydrogen) atoms. The summed E-state index contributed by atoms with van der Waals surface area (Å²) in [5, 5.41) is 0. The molecule has 0 radical (unpaired) electrons. The van der Waals surface area contributed by atoms with E-state index < -0.39 is 0 Å². The van der Waals surface area contributed by atoms with Crippen molar-refractivity contribution < 1.29 is 4.39 Å². The van der Waals surface area contributed by atoms with Gasteiger partial charge in [0.1, 0.15) is 5.82 Å². The predicted molar refractivity (Wildman–Crippen MR) is 76.8 cm³/mol. The molecule has 100 valence electrons. The highest BCUT2D eigenvalue weighted by Crippen LogP contribution is 2.22. The predicted octanol–water partition coefficient (Wildman–Crippen LogP) is 3.04. The van der Waals surface area contributed by atoms with Gasteiger partial charge in [-0.05, 0) is 47.0 Å². The zero-order valence-corrected chi connectivity index (χ0v) is 12.1. The zero-order chi connectivity index (χ0) is 13.8. The second kappa shape index (κ2) is 6.23. The van der Waals surface area contributed by atoms with Crippen LogP contribution in [-0.4, -0.2) is 4.98 Å². The van der Waals surface area contributed by atoms with E-state index in [0.717, 1.165) is 15.6 Å². The third-order valence-electron chi connectivity index (χ3n) is 2.93. The van der Waals surface area contributed by atoms with Gasteiger partial charge in [-0.1, -0.05) is 17.7 Å². The Labute approximate surface area is 120 Å². The molecule has 0 aliphatic carbocycles. The van der Waals surface area contributed by atoms with Crippen molar-refractivity contribution in [1.29, 1.82) is 0 Å². The Morgan fingerprint density at radius 1 is 1.37 bits per heavy atom. The lowest BCUT2D eigenvalue weighted by molar-refractivity contribution is 0.509. The Kier molecular flexibility index (Phi) is 4.63. The molecule has 5 heteroatoms. The number of benzene rings is 1. The summed E-state index contributed by atoms with van der Waals surface area (Å²) < 4.78 is 14.8. The van der Waals surface area contributed by atoms with E-state index in [-0.39, 0.29) is 11.9 Å². The Hall–Kier alpha value is -1.30. The molecule has 2 rings (SSSR count). The third-order valence-corrected chi connectivity index (χ3v) is 3.36. The van der Waals surface area contributed by atoms with E-state index in [2.05, 4.69) is 26.3 Å². The molecular formula is C14H15BrFN3. The van der Waals surface area contributed by atoms with Gasteiger partial charge in [-0.15, -0.1) is 0 Å². The topological polar surface area (TPSA) is 50.9 Å². The third kappa shape index (κ3) is 3.59. The van der Waals surface area contributed by atoms with E-state index in [4.69, 9.17) is 5.84 Å². The second-order valence-corrected chi connectivity index (χ2v) is 5.38. The van der Waals surface area contributed by atoms with Gasteiger partial charge in [0.25, 0.3) is 0 Å². The number of halogens is 2. The molecule has 1 aromatic heterocycles. The molecule has 3 nitrogen and oxygen atoms in total. The molecular weight excluding hydrogens is 309 g/mol. The minimum Gasteiger partial charge on any atom is -0.271 e. The second-order valence-electron chi connectivity index (χ2n) is 4.46. The molecule has 0 bridgehead atoms. The first-order valence-corrected chi connectivity index (χ1v) is 6.71. The first kappa shape index (κ1) is 14.1. The quantitative estimate of drug-likeness (QED) is 0.671. The maximum atomic E-state index is 13.9. The summed E-state index contributed by atoms with van der Waals surface area (Å²) >= 11 is 3.37. The van der Waals surface area contributed by atoms with E-state index in [9.17, 15) is 4.39 Å². The van der Waals surface area contributed by atoms with Gasteiger partial charge in [-0.25, -0.2) is 4.39 Å². The molecule has 2 aromatic rings. The summed E-state index contributed by atoms with van der Waals surface area (Å²) in [7, 11) is 0. The van der Waals surface area contributed by atoms with Crippen LogP contribution >= 0.6 is 15.9 Å². The lowest BCUT2D eigenvalue weighted by Gasteiger charge is -2.17. The fourth-order valence-corrected chi connectivity index (χ4v) is 2.40. The van der Waals surface area contributed by atoms with E-state index in [0.29, 0.717) is 12.0 Å². The van der Waals surface area contributed by atoms with Crippen LogP contribution in [0.3, 0.4) is 0 Å². The summed E-state index contributed by atoms with van der Waals surface area (Å²) in [5.41, 5.74) is 5.23. The van der Waals surface area contributed by atoms with Gasteiger partial charge in [-0.3, -0.25) is 16.3 Å². The Morgan fingerprint density at radius 3 is 2.84 bits per heavy atom. The zero-order valence-electron chi connectivity index (χ0n) is 10.5. The number of hydrazine groups is 1. The lowest BCUT2D eigenvalue weighted by atomic mass is 9.98. The van der Waals surface area contributed by atoms with Crippen molar-refractivity contribution in [2.45, 2.75) is 19.4 Å². The normalized spacial score (nSPS) is 12.4. The van der Waals surface area contributed by atoms with Gasteiger partial charge in [0, 0.05) is 22.4 Å². The Bertz CT molecular complexity index is 574. The van der Waals surface area contributed by atoms with Crippen LogP contribution in [0.1, 0.15) is 22.7 Å². The maximum absolute atomic E-state index is 13.9. The standard InChI is InChI=1S/C14H15BrFN3/c1-9-2-3-13(16)12(4-9)14(19-17)6-10-5-11(15)8-18-7-10/h2-5,7-8,14,19H,6,17H2,1H3. The number of pyridine rings is 1. The van der Waals surface area contributed by atoms with Crippen molar-refractivity contribution in [2.75, 3.05) is 0 Å². The fourth-order valence-electron chi connectivity index (χ4n) is 1.99. The monoisotopic (exact) mass is 323 g/mol. The molecule has 0 aliphatic rings. The molecule has 1 unspecified atom stereocenters. The summed E-state index contributed by atoms with van der Waals surface area (Å²) in [5.74, 6) is 5.31. The summed E-state index contributed by atoms with van der Waals surface area (Å²) in [4.78, 5) is 4.10. The average molecular weight is 324 g/mol. The first-order chi connectivity index (χ1) is 9.10. The summed E-state index contributed by atoms with van der Waals surface area (Å²) in [6, 6.07) is 6.69. The average Bonchev–Trinajstić information content (AvgIpc) is 2.39. The highest BCUT2D eigenvalue weighted by molar-refractivity contribution is 9.10. The number of nitrogens with zero attached hydrogens (tertiary/aromatic N) is 1. The van der Waals surface area contributed by atoms with Crippen LogP contribution in [0.2, 0.25) is 0 Å². The van der Waals surface area contributed by atoms with Crippen molar-refractivity contribution in [2.24, 2.45) is 5.84 Å². The van der Waals surface area contributed by atoms with E-state index in [1.165, 1.54) is 6.07 Å². The molecule has 3 N–H and O–H groups in total. The number of nitrogens with one attached hydrogen (secondary N) is 1. The number of hydrogen-bond donors (Lipinski definition) is 2. The number of aryl methyl sites for hydroxylation is 1. The van der Waals surface area contributed by atoms with Crippen LogP contribution in [0.15, 0.2) is 41.1 Å². The van der Waals surface area contributed by atoms with Gasteiger partial charge in [0.2, 0.25) is 0 Å². The van der Waals surface area contributed by atoms with Crippen LogP contribution in [0.4, 0.5) is 4.39 Å². The van der Waals surface area contributed by atoms with Crippen molar-refractivity contribution in [1.82, 2.24) is 10.4 Å². The molecule has 0 saturated heterocycles. The molecule has 0 spiro atoms. The van der Waals surface area contributed by atoms with Crippen molar-refractivity contribution in [3.8, 4) is 0 Å². The number of hydrogen-bond acceptors (Lipinski definition) is 3. The first-order valence-electron chi connectivity index (χ1n) is 5.91. The molecule has 1 aromatic carbocycles. The number of rotatable bonds is 4. The van der Waals surface area contributed by atoms with Crippen LogP contribution in [0.25, 0.3) is 0 Å². The molecule has 0 fully saturated rings. The van der Waals surface area contributed by atoms with Gasteiger partial charge in [-0.2, -0.15) is 0 Å². The van der Waals surface area contributed by atoms with E-state index in [1.807, 2.05) is 19.1 Å². The number of aromatic nitrogens is 1. The van der Waals surface area contributed by atoms with Crippen LogP contribution < -0.4 is 11.3 Å². The van der Waals surface area contributed by atoms with Crippen molar-refractivity contribution in [3.63, 3.8) is 0 Å². The minimum atomic E-state index is -0.281. The van der Waals surface area contributed by atoms with Crippen molar-refractivity contribution >= 4 is 15.9 Å². The van der Waals surface area contributed by atoms with E-state index in [1.54, 1.807) is 18.5 Å². The van der Waals surface area contributed by atoms with Crippen LogP contribution in [-0.2, 0) is 6.42 Å². The molecule has 0 aliphatic heterocycles. The summed E-state index contributed by atoms with van der Waals surface area (Å²) in [6.45, 7) is 1.93. The highest BCUT2D eigenvalue weighted by atomic mass is 79.9. The Morgan fingerprint density at radius 2 is 2.16 bits per heavy atom. The fraction of sp³-hybridized carbons (Fsp3) is 0.214. The molecule has 1 atom stereocenters. The lowest BCUT2D eigenvalue weighted by Crippen LogP contribution is -2.30. The largest absolute Gasteiger partial charge is 0.271 e.